The molecule has 1 aromatic heterocycles. The molecule has 208 valence electrons. The van der Waals surface area contributed by atoms with Gasteiger partial charge in [0, 0.05) is 16.8 Å². The van der Waals surface area contributed by atoms with Gasteiger partial charge in [0.2, 0.25) is 0 Å². The molecule has 0 saturated carbocycles. The molecular weight excluding hydrogens is 526 g/mol. The number of aromatic nitrogens is 3. The number of hydrazone groups is 1. The number of amides is 1. The van der Waals surface area contributed by atoms with Crippen LogP contribution in [0.3, 0.4) is 0 Å². The average molecular weight is 560 g/mol. The van der Waals surface area contributed by atoms with Crippen LogP contribution in [0, 0.1) is 0 Å². The lowest BCUT2D eigenvalue weighted by Gasteiger charge is -2.19. The van der Waals surface area contributed by atoms with Gasteiger partial charge in [-0.1, -0.05) is 62.9 Å². The van der Waals surface area contributed by atoms with E-state index in [4.69, 9.17) is 14.2 Å². The molecule has 0 fully saturated rings. The number of para-hydroxylation sites is 1. The Balaban J connectivity index is 1.54. The number of hydrogen-bond donors (Lipinski definition) is 1. The zero-order chi connectivity index (χ0) is 28.7. The Bertz CT molecular complexity index is 1480. The van der Waals surface area contributed by atoms with Crippen molar-refractivity contribution in [1.29, 1.82) is 0 Å². The Morgan fingerprint density at radius 2 is 1.68 bits per heavy atom. The lowest BCUT2D eigenvalue weighted by atomic mass is 9.87. The Morgan fingerprint density at radius 3 is 2.30 bits per heavy atom. The fraction of sp³-hybridized carbons (Fsp3) is 0.267. The van der Waals surface area contributed by atoms with E-state index in [-0.39, 0.29) is 17.1 Å². The monoisotopic (exact) mass is 559 g/mol. The van der Waals surface area contributed by atoms with Gasteiger partial charge in [0.1, 0.15) is 5.75 Å². The predicted molar refractivity (Wildman–Crippen MR) is 158 cm³/mol. The minimum Gasteiger partial charge on any atom is -0.497 e. The molecule has 10 heteroatoms. The highest BCUT2D eigenvalue weighted by Crippen LogP contribution is 2.31. The average Bonchev–Trinajstić information content (AvgIpc) is 3.39. The van der Waals surface area contributed by atoms with Crippen molar-refractivity contribution in [3.05, 3.63) is 77.9 Å². The molecule has 4 rings (SSSR count). The number of benzene rings is 3. The summed E-state index contributed by atoms with van der Waals surface area (Å²) in [5, 5.41) is 13.6. The molecular formula is C30H33N5O4S. The maximum atomic E-state index is 12.6. The Kier molecular flexibility index (Phi) is 9.11. The fourth-order valence-electron chi connectivity index (χ4n) is 3.98. The fourth-order valence-corrected chi connectivity index (χ4v) is 4.73. The van der Waals surface area contributed by atoms with Crippen LogP contribution in [0.4, 0.5) is 0 Å². The normalized spacial score (nSPS) is 11.4. The van der Waals surface area contributed by atoms with Crippen LogP contribution in [0.2, 0.25) is 0 Å². The minimum absolute atomic E-state index is 0.0384. The third-order valence-corrected chi connectivity index (χ3v) is 7.06. The Hall–Kier alpha value is -4.31. The van der Waals surface area contributed by atoms with Gasteiger partial charge in [-0.05, 0) is 47.4 Å². The van der Waals surface area contributed by atoms with Gasteiger partial charge in [-0.2, -0.15) is 5.10 Å². The van der Waals surface area contributed by atoms with Gasteiger partial charge >= 0.3 is 0 Å². The molecule has 3 aromatic carbocycles. The summed E-state index contributed by atoms with van der Waals surface area (Å²) in [6, 6.07) is 21.4. The van der Waals surface area contributed by atoms with Crippen molar-refractivity contribution in [1.82, 2.24) is 20.2 Å². The summed E-state index contributed by atoms with van der Waals surface area (Å²) < 4.78 is 18.0. The third-order valence-electron chi connectivity index (χ3n) is 6.13. The van der Waals surface area contributed by atoms with E-state index in [9.17, 15) is 4.79 Å². The first-order valence-corrected chi connectivity index (χ1v) is 13.6. The largest absolute Gasteiger partial charge is 0.497 e. The number of nitrogens with zero attached hydrogens (tertiary/aromatic N) is 4. The number of ether oxygens (including phenoxy) is 3. The van der Waals surface area contributed by atoms with Gasteiger partial charge in [0.05, 0.1) is 33.3 Å². The van der Waals surface area contributed by atoms with E-state index in [1.807, 2.05) is 53.1 Å². The lowest BCUT2D eigenvalue weighted by molar-refractivity contribution is -0.118. The first-order chi connectivity index (χ1) is 19.2. The van der Waals surface area contributed by atoms with E-state index in [0.717, 1.165) is 17.0 Å². The molecule has 1 N–H and O–H groups in total. The summed E-state index contributed by atoms with van der Waals surface area (Å²) >= 11 is 1.27. The maximum Gasteiger partial charge on any atom is 0.250 e. The van der Waals surface area contributed by atoms with E-state index in [1.165, 1.54) is 23.5 Å². The highest BCUT2D eigenvalue weighted by molar-refractivity contribution is 7.99. The van der Waals surface area contributed by atoms with Crippen molar-refractivity contribution in [2.45, 2.75) is 31.3 Å². The van der Waals surface area contributed by atoms with Gasteiger partial charge in [0.15, 0.2) is 22.5 Å². The summed E-state index contributed by atoms with van der Waals surface area (Å²) in [6.07, 6.45) is 1.52. The van der Waals surface area contributed by atoms with Gasteiger partial charge in [-0.3, -0.25) is 9.36 Å². The van der Waals surface area contributed by atoms with Crippen LogP contribution in [0.25, 0.3) is 17.1 Å². The van der Waals surface area contributed by atoms with Gasteiger partial charge in [-0.25, -0.2) is 5.43 Å². The van der Waals surface area contributed by atoms with Crippen LogP contribution in [0.5, 0.6) is 17.2 Å². The number of carbonyl (C=O) groups is 1. The lowest BCUT2D eigenvalue weighted by Crippen LogP contribution is -2.20. The zero-order valence-electron chi connectivity index (χ0n) is 23.5. The number of thioether (sulfide) groups is 1. The number of nitrogens with one attached hydrogen (secondary N) is 1. The van der Waals surface area contributed by atoms with Crippen LogP contribution in [-0.4, -0.2) is 54.0 Å². The van der Waals surface area contributed by atoms with Crippen molar-refractivity contribution in [2.75, 3.05) is 27.1 Å². The number of hydrogen-bond acceptors (Lipinski definition) is 8. The molecule has 1 heterocycles. The summed E-state index contributed by atoms with van der Waals surface area (Å²) in [4.78, 5) is 12.6. The van der Waals surface area contributed by atoms with E-state index >= 15 is 0 Å². The van der Waals surface area contributed by atoms with Crippen LogP contribution < -0.4 is 19.6 Å². The standard InChI is InChI=1S/C30H33N5O4S/c1-30(2,3)22-12-10-20(11-13-22)28-33-34-29(35(28)23-14-16-24(37-4)17-15-23)40-19-26(36)32-31-18-21-8-7-9-25(38-5)27(21)39-6/h7-18H,19H2,1-6H3,(H,32,36). The molecule has 0 radical (unpaired) electrons. The van der Waals surface area contributed by atoms with E-state index in [1.54, 1.807) is 27.4 Å². The first-order valence-electron chi connectivity index (χ1n) is 12.6. The van der Waals surface area contributed by atoms with Gasteiger partial charge < -0.3 is 14.2 Å². The van der Waals surface area contributed by atoms with Crippen LogP contribution in [0.1, 0.15) is 31.9 Å². The zero-order valence-corrected chi connectivity index (χ0v) is 24.3. The first kappa shape index (κ1) is 28.7. The summed E-state index contributed by atoms with van der Waals surface area (Å²) in [7, 11) is 4.74. The molecule has 9 nitrogen and oxygen atoms in total. The SMILES string of the molecule is COc1ccc(-n2c(SCC(=O)NN=Cc3cccc(OC)c3OC)nnc2-c2ccc(C(C)(C)C)cc2)cc1. The minimum atomic E-state index is -0.288. The molecule has 1 amide bonds. The Labute approximate surface area is 238 Å². The van der Waals surface area contributed by atoms with E-state index < -0.39 is 0 Å². The van der Waals surface area contributed by atoms with Crippen molar-refractivity contribution in [3.8, 4) is 34.3 Å². The van der Waals surface area contributed by atoms with Crippen LogP contribution >= 0.6 is 11.8 Å². The van der Waals surface area contributed by atoms with Crippen molar-refractivity contribution >= 4 is 23.9 Å². The molecule has 0 unspecified atom stereocenters. The highest BCUT2D eigenvalue weighted by Gasteiger charge is 2.19. The van der Waals surface area contributed by atoms with Gasteiger partial charge in [0.25, 0.3) is 5.91 Å². The summed E-state index contributed by atoms with van der Waals surface area (Å²) in [5.74, 6) is 2.33. The molecule has 0 atom stereocenters. The topological polar surface area (TPSA) is 99.9 Å². The maximum absolute atomic E-state index is 12.6. The van der Waals surface area contributed by atoms with Crippen LogP contribution in [0.15, 0.2) is 77.0 Å². The highest BCUT2D eigenvalue weighted by atomic mass is 32.2. The molecule has 0 aliphatic heterocycles. The van der Waals surface area contributed by atoms with Crippen molar-refractivity contribution < 1.29 is 19.0 Å². The van der Waals surface area contributed by atoms with E-state index in [0.29, 0.717) is 28.0 Å². The third kappa shape index (κ3) is 6.63. The second kappa shape index (κ2) is 12.7. The quantitative estimate of drug-likeness (QED) is 0.156. The molecule has 4 aromatic rings. The number of rotatable bonds is 10. The van der Waals surface area contributed by atoms with Crippen LogP contribution in [-0.2, 0) is 10.2 Å². The molecule has 0 aliphatic rings. The van der Waals surface area contributed by atoms with Gasteiger partial charge in [-0.15, -0.1) is 10.2 Å². The van der Waals surface area contributed by atoms with Crippen molar-refractivity contribution in [3.63, 3.8) is 0 Å². The Morgan fingerprint density at radius 1 is 0.950 bits per heavy atom. The predicted octanol–water partition coefficient (Wildman–Crippen LogP) is 5.50. The van der Waals surface area contributed by atoms with Crippen molar-refractivity contribution in [2.24, 2.45) is 5.10 Å². The molecule has 40 heavy (non-hydrogen) atoms. The summed E-state index contributed by atoms with van der Waals surface area (Å²) in [6.45, 7) is 6.54. The summed E-state index contributed by atoms with van der Waals surface area (Å²) in [5.41, 5.74) is 6.28. The molecule has 0 aliphatic carbocycles. The van der Waals surface area contributed by atoms with E-state index in [2.05, 4.69) is 53.6 Å². The number of carbonyl (C=O) groups excluding carboxylic acids is 1. The molecule has 0 bridgehead atoms. The second-order valence-electron chi connectivity index (χ2n) is 9.83. The molecule has 0 spiro atoms. The second-order valence-corrected chi connectivity index (χ2v) is 10.8. The molecule has 0 saturated heterocycles. The smallest absolute Gasteiger partial charge is 0.250 e. The number of methoxy groups -OCH3 is 3.